The molecular weight excluding hydrogens is 326 g/mol. The fraction of sp³-hybridized carbons (Fsp3) is 0.571. The van der Waals surface area contributed by atoms with Crippen molar-refractivity contribution in [2.24, 2.45) is 0 Å². The van der Waals surface area contributed by atoms with E-state index in [-0.39, 0.29) is 6.10 Å². The van der Waals surface area contributed by atoms with Gasteiger partial charge in [0.05, 0.1) is 24.9 Å². The second kappa shape index (κ2) is 9.31. The van der Waals surface area contributed by atoms with Gasteiger partial charge < -0.3 is 15.2 Å². The van der Waals surface area contributed by atoms with Crippen LogP contribution < -0.4 is 5.32 Å². The van der Waals surface area contributed by atoms with Crippen LogP contribution in [-0.2, 0) is 17.7 Å². The van der Waals surface area contributed by atoms with Gasteiger partial charge in [0, 0.05) is 18.7 Å². The van der Waals surface area contributed by atoms with Crippen molar-refractivity contribution >= 4 is 0 Å². The van der Waals surface area contributed by atoms with Crippen LogP contribution in [0.2, 0.25) is 0 Å². The molecule has 0 fully saturated rings. The largest absolute Gasteiger partial charge is 0.385 e. The highest BCUT2D eigenvalue weighted by Crippen LogP contribution is 2.32. The Morgan fingerprint density at radius 3 is 3.00 bits per heavy atom. The molecular formula is C21H32N3O2+. The lowest BCUT2D eigenvalue weighted by Crippen LogP contribution is -2.86. The zero-order valence-corrected chi connectivity index (χ0v) is 16.0. The highest BCUT2D eigenvalue weighted by atomic mass is 16.5. The van der Waals surface area contributed by atoms with Crippen LogP contribution in [-0.4, -0.2) is 40.7 Å². The summed E-state index contributed by atoms with van der Waals surface area (Å²) in [6.07, 6.45) is 4.12. The predicted octanol–water partition coefficient (Wildman–Crippen LogP) is 1.91. The number of hydrogen-bond donors (Lipinski definition) is 2. The quantitative estimate of drug-likeness (QED) is 0.673. The number of rotatable bonds is 9. The molecule has 0 amide bonds. The molecule has 26 heavy (non-hydrogen) atoms. The van der Waals surface area contributed by atoms with Crippen LogP contribution in [0.5, 0.6) is 0 Å². The molecule has 1 aliphatic carbocycles. The maximum atomic E-state index is 10.2. The van der Waals surface area contributed by atoms with E-state index in [1.807, 2.05) is 6.92 Å². The van der Waals surface area contributed by atoms with E-state index in [2.05, 4.69) is 52.4 Å². The first-order chi connectivity index (χ1) is 12.6. The summed E-state index contributed by atoms with van der Waals surface area (Å²) in [5.74, 6) is 0. The van der Waals surface area contributed by atoms with Crippen molar-refractivity contribution in [1.29, 1.82) is 0 Å². The Morgan fingerprint density at radius 2 is 2.19 bits per heavy atom. The Labute approximate surface area is 156 Å². The number of aryl methyl sites for hydroxylation is 4. The Hall–Kier alpha value is -1.69. The minimum atomic E-state index is -0.419. The third kappa shape index (κ3) is 5.16. The van der Waals surface area contributed by atoms with Gasteiger partial charge >= 0.3 is 0 Å². The molecule has 0 saturated carbocycles. The molecule has 0 saturated heterocycles. The maximum Gasteiger partial charge on any atom is 0.126 e. The Bertz CT molecular complexity index is 698. The molecule has 2 atom stereocenters. The van der Waals surface area contributed by atoms with Crippen molar-refractivity contribution in [3.63, 3.8) is 0 Å². The first kappa shape index (κ1) is 19.1. The van der Waals surface area contributed by atoms with Crippen molar-refractivity contribution in [2.45, 2.75) is 58.3 Å². The first-order valence-electron chi connectivity index (χ1n) is 9.83. The zero-order valence-electron chi connectivity index (χ0n) is 16.0. The zero-order chi connectivity index (χ0) is 18.4. The van der Waals surface area contributed by atoms with E-state index in [0.29, 0.717) is 13.2 Å². The normalized spacial score (nSPS) is 17.9. The van der Waals surface area contributed by atoms with E-state index < -0.39 is 6.10 Å². The number of benzene rings is 1. The van der Waals surface area contributed by atoms with E-state index in [1.165, 1.54) is 16.8 Å². The van der Waals surface area contributed by atoms with Gasteiger partial charge in [0.1, 0.15) is 12.6 Å². The average Bonchev–Trinajstić information content (AvgIpc) is 2.97. The van der Waals surface area contributed by atoms with E-state index in [4.69, 9.17) is 4.74 Å². The average molecular weight is 359 g/mol. The monoisotopic (exact) mass is 358 g/mol. The summed E-state index contributed by atoms with van der Waals surface area (Å²) in [6, 6.07) is 10.6. The minimum absolute atomic E-state index is 0.139. The molecule has 142 valence electrons. The molecule has 0 unspecified atom stereocenters. The van der Waals surface area contributed by atoms with Gasteiger partial charge in [0.25, 0.3) is 0 Å². The summed E-state index contributed by atoms with van der Waals surface area (Å²) >= 11 is 0. The molecule has 3 rings (SSSR count). The SMILES string of the molecule is Cc1cc(C)n(CCC[NH2+]C[C@@H](O)CO[C@@H]2CCCc3ccccc32)n1. The Morgan fingerprint density at radius 1 is 1.35 bits per heavy atom. The fourth-order valence-electron chi connectivity index (χ4n) is 3.77. The summed E-state index contributed by atoms with van der Waals surface area (Å²) in [7, 11) is 0. The van der Waals surface area contributed by atoms with Crippen LogP contribution in [0, 0.1) is 13.8 Å². The van der Waals surface area contributed by atoms with Gasteiger partial charge in [0.2, 0.25) is 0 Å². The van der Waals surface area contributed by atoms with Crippen molar-refractivity contribution in [2.75, 3.05) is 19.7 Å². The van der Waals surface area contributed by atoms with Crippen molar-refractivity contribution < 1.29 is 15.2 Å². The molecule has 1 heterocycles. The van der Waals surface area contributed by atoms with Crippen molar-refractivity contribution in [3.8, 4) is 0 Å². The first-order valence-corrected chi connectivity index (χ1v) is 9.83. The van der Waals surface area contributed by atoms with Crippen LogP contribution in [0.25, 0.3) is 0 Å². The smallest absolute Gasteiger partial charge is 0.126 e. The molecule has 0 spiro atoms. The van der Waals surface area contributed by atoms with Crippen molar-refractivity contribution in [3.05, 3.63) is 52.8 Å². The third-order valence-electron chi connectivity index (χ3n) is 5.12. The molecule has 0 radical (unpaired) electrons. The van der Waals surface area contributed by atoms with Gasteiger partial charge in [-0.25, -0.2) is 0 Å². The summed E-state index contributed by atoms with van der Waals surface area (Å²) in [4.78, 5) is 0. The van der Waals surface area contributed by atoms with E-state index >= 15 is 0 Å². The molecule has 5 nitrogen and oxygen atoms in total. The van der Waals surface area contributed by atoms with Gasteiger partial charge in [0.15, 0.2) is 0 Å². The second-order valence-corrected chi connectivity index (χ2v) is 7.38. The van der Waals surface area contributed by atoms with Gasteiger partial charge in [-0.1, -0.05) is 24.3 Å². The number of quaternary nitrogens is 1. The molecule has 1 aliphatic rings. The molecule has 5 heteroatoms. The van der Waals surface area contributed by atoms with Crippen LogP contribution in [0.4, 0.5) is 0 Å². The summed E-state index contributed by atoms with van der Waals surface area (Å²) < 4.78 is 8.09. The number of hydrogen-bond acceptors (Lipinski definition) is 3. The predicted molar refractivity (Wildman–Crippen MR) is 102 cm³/mol. The number of nitrogens with zero attached hydrogens (tertiary/aromatic N) is 2. The molecule has 3 N–H and O–H groups in total. The number of fused-ring (bicyclic) bond motifs is 1. The Kier molecular flexibility index (Phi) is 6.83. The number of aliphatic hydroxyl groups excluding tert-OH is 1. The highest BCUT2D eigenvalue weighted by molar-refractivity contribution is 5.31. The standard InChI is InChI=1S/C21H31N3O2/c1-16-13-17(2)24(23-16)12-6-11-22-14-19(25)15-26-21-10-5-8-18-7-3-4-9-20(18)21/h3-4,7,9,13,19,21-22,25H,5-6,8,10-12,14-15H2,1-2H3/p+1/t19-,21-/m1/s1. The number of nitrogens with two attached hydrogens (primary N) is 1. The highest BCUT2D eigenvalue weighted by Gasteiger charge is 2.21. The lowest BCUT2D eigenvalue weighted by molar-refractivity contribution is -0.661. The lowest BCUT2D eigenvalue weighted by Gasteiger charge is -2.26. The number of ether oxygens (including phenoxy) is 1. The Balaban J connectivity index is 1.32. The molecule has 1 aromatic heterocycles. The lowest BCUT2D eigenvalue weighted by atomic mass is 9.89. The molecule has 1 aromatic carbocycles. The molecule has 2 aromatic rings. The van der Waals surface area contributed by atoms with Crippen LogP contribution in [0.3, 0.4) is 0 Å². The van der Waals surface area contributed by atoms with E-state index in [1.54, 1.807) is 0 Å². The van der Waals surface area contributed by atoms with Crippen LogP contribution >= 0.6 is 0 Å². The van der Waals surface area contributed by atoms with Crippen LogP contribution in [0.15, 0.2) is 30.3 Å². The fourth-order valence-corrected chi connectivity index (χ4v) is 3.77. The van der Waals surface area contributed by atoms with Gasteiger partial charge in [-0.05, 0) is 50.3 Å². The number of aromatic nitrogens is 2. The van der Waals surface area contributed by atoms with Crippen LogP contribution in [0.1, 0.15) is 47.9 Å². The van der Waals surface area contributed by atoms with E-state index in [0.717, 1.165) is 44.5 Å². The second-order valence-electron chi connectivity index (χ2n) is 7.38. The maximum absolute atomic E-state index is 10.2. The van der Waals surface area contributed by atoms with Gasteiger partial charge in [-0.2, -0.15) is 5.10 Å². The minimum Gasteiger partial charge on any atom is -0.385 e. The summed E-state index contributed by atoms with van der Waals surface area (Å²) in [5, 5.41) is 16.9. The van der Waals surface area contributed by atoms with Gasteiger partial charge in [-0.3, -0.25) is 4.68 Å². The van der Waals surface area contributed by atoms with Gasteiger partial charge in [-0.15, -0.1) is 0 Å². The third-order valence-corrected chi connectivity index (χ3v) is 5.12. The summed E-state index contributed by atoms with van der Waals surface area (Å²) in [5.41, 5.74) is 4.99. The van der Waals surface area contributed by atoms with E-state index in [9.17, 15) is 5.11 Å². The topological polar surface area (TPSA) is 63.9 Å². The summed E-state index contributed by atoms with van der Waals surface area (Å²) in [6.45, 7) is 7.13. The van der Waals surface area contributed by atoms with Crippen molar-refractivity contribution in [1.82, 2.24) is 9.78 Å². The molecule has 0 bridgehead atoms. The molecule has 0 aliphatic heterocycles. The number of aliphatic hydroxyl groups is 1.